The Bertz CT molecular complexity index is 649. The molecule has 3 rings (SSSR count). The molecule has 0 fully saturated rings. The van der Waals surface area contributed by atoms with Crippen molar-refractivity contribution in [2.75, 3.05) is 13.2 Å². The van der Waals surface area contributed by atoms with E-state index in [1.165, 1.54) is 17.6 Å². The van der Waals surface area contributed by atoms with Gasteiger partial charge in [0.2, 0.25) is 5.76 Å². The third-order valence-electron chi connectivity index (χ3n) is 2.65. The molecule has 0 saturated carbocycles. The van der Waals surface area contributed by atoms with Crippen LogP contribution in [-0.4, -0.2) is 29.4 Å². The van der Waals surface area contributed by atoms with Crippen LogP contribution >= 0.6 is 11.3 Å². The second-order valence-electron chi connectivity index (χ2n) is 4.17. The Kier molecular flexibility index (Phi) is 3.87. The van der Waals surface area contributed by atoms with E-state index in [2.05, 4.69) is 10.2 Å². The summed E-state index contributed by atoms with van der Waals surface area (Å²) in [5, 5.41) is 9.74. The maximum atomic E-state index is 11.8. The molecule has 1 atom stereocenters. The van der Waals surface area contributed by atoms with Gasteiger partial charge in [-0.05, 0) is 18.4 Å². The van der Waals surface area contributed by atoms with Crippen molar-refractivity contribution in [1.29, 1.82) is 0 Å². The molecule has 0 amide bonds. The van der Waals surface area contributed by atoms with Crippen molar-refractivity contribution in [3.8, 4) is 10.8 Å². The molecule has 1 aliphatic heterocycles. The van der Waals surface area contributed by atoms with Crippen LogP contribution in [-0.2, 0) is 19.0 Å². The minimum absolute atomic E-state index is 0.0334. The normalized spacial score (nSPS) is 15.6. The molecule has 0 aliphatic carbocycles. The lowest BCUT2D eigenvalue weighted by Crippen LogP contribution is -2.18. The minimum Gasteiger partial charge on any atom is -0.493 e. The summed E-state index contributed by atoms with van der Waals surface area (Å²) in [6.45, 7) is 2.38. The van der Waals surface area contributed by atoms with Gasteiger partial charge in [-0.15, -0.1) is 21.5 Å². The quantitative estimate of drug-likeness (QED) is 0.801. The number of hydrogen-bond acceptors (Lipinski definition) is 8. The summed E-state index contributed by atoms with van der Waals surface area (Å²) in [6.07, 6.45) is 0.564. The highest BCUT2D eigenvalue weighted by molar-refractivity contribution is 7.13. The number of hydrogen-bond donors (Lipinski definition) is 0. The van der Waals surface area contributed by atoms with Crippen molar-refractivity contribution in [3.05, 3.63) is 35.4 Å². The monoisotopic (exact) mass is 308 g/mol. The molecule has 2 aromatic heterocycles. The van der Waals surface area contributed by atoms with Crippen LogP contribution in [0.1, 0.15) is 18.9 Å². The largest absolute Gasteiger partial charge is 0.493 e. The van der Waals surface area contributed by atoms with Crippen LogP contribution in [0.2, 0.25) is 0 Å². The summed E-state index contributed by atoms with van der Waals surface area (Å²) in [6, 6.07) is 3.76. The zero-order valence-electron chi connectivity index (χ0n) is 11.1. The average molecular weight is 308 g/mol. The summed E-state index contributed by atoms with van der Waals surface area (Å²) in [5.41, 5.74) is 0. The zero-order valence-corrected chi connectivity index (χ0v) is 12.0. The molecular formula is C13H12N2O5S. The molecule has 2 aromatic rings. The van der Waals surface area contributed by atoms with E-state index in [0.717, 1.165) is 4.88 Å². The predicted molar refractivity (Wildman–Crippen MR) is 72.1 cm³/mol. The van der Waals surface area contributed by atoms with Gasteiger partial charge in [0.25, 0.3) is 11.8 Å². The molecule has 7 nitrogen and oxygen atoms in total. The first-order valence-electron chi connectivity index (χ1n) is 6.27. The Morgan fingerprint density at radius 3 is 3.05 bits per heavy atom. The molecule has 0 N–H and O–H groups in total. The van der Waals surface area contributed by atoms with Crippen molar-refractivity contribution in [1.82, 2.24) is 10.2 Å². The first-order chi connectivity index (χ1) is 10.2. The van der Waals surface area contributed by atoms with E-state index in [0.29, 0.717) is 19.1 Å². The maximum absolute atomic E-state index is 11.8. The number of rotatable bonds is 4. The lowest BCUT2D eigenvalue weighted by molar-refractivity contribution is -0.150. The Hall–Kier alpha value is -2.35. The fraction of sp³-hybridized carbons (Fsp3) is 0.308. The van der Waals surface area contributed by atoms with Gasteiger partial charge in [0.15, 0.2) is 6.10 Å². The van der Waals surface area contributed by atoms with Crippen molar-refractivity contribution in [2.45, 2.75) is 13.0 Å². The van der Waals surface area contributed by atoms with Crippen molar-refractivity contribution in [3.63, 3.8) is 0 Å². The number of aromatic nitrogens is 2. The Morgan fingerprint density at radius 2 is 2.33 bits per heavy atom. The fourth-order valence-electron chi connectivity index (χ4n) is 1.64. The second kappa shape index (κ2) is 5.96. The average Bonchev–Trinajstić information content (AvgIpc) is 3.19. The van der Waals surface area contributed by atoms with Gasteiger partial charge >= 0.3 is 5.97 Å². The highest BCUT2D eigenvalue weighted by Crippen LogP contribution is 2.26. The molecule has 0 aromatic carbocycles. The smallest absolute Gasteiger partial charge is 0.377 e. The highest BCUT2D eigenvalue weighted by Gasteiger charge is 2.23. The number of carbonyl (C=O) groups is 1. The molecule has 0 radical (unpaired) electrons. The van der Waals surface area contributed by atoms with Crippen LogP contribution in [0.3, 0.4) is 0 Å². The fourth-order valence-corrected chi connectivity index (χ4v) is 2.29. The lowest BCUT2D eigenvalue weighted by atomic mass is 10.4. The van der Waals surface area contributed by atoms with Crippen LogP contribution in [0.25, 0.3) is 10.8 Å². The summed E-state index contributed by atoms with van der Waals surface area (Å²) >= 11 is 1.49. The van der Waals surface area contributed by atoms with Gasteiger partial charge < -0.3 is 18.6 Å². The van der Waals surface area contributed by atoms with E-state index in [1.807, 2.05) is 17.5 Å². The topological polar surface area (TPSA) is 83.7 Å². The summed E-state index contributed by atoms with van der Waals surface area (Å²) < 4.78 is 20.8. The van der Waals surface area contributed by atoms with Crippen LogP contribution in [0.15, 0.2) is 34.0 Å². The van der Waals surface area contributed by atoms with Crippen molar-refractivity contribution >= 4 is 17.3 Å². The third-order valence-corrected chi connectivity index (χ3v) is 3.51. The van der Waals surface area contributed by atoms with Crippen LogP contribution in [0.4, 0.5) is 0 Å². The SMILES string of the molecule is C[C@H](OC(=O)C1=COCCO1)c1nnc(-c2cccs2)o1. The van der Waals surface area contributed by atoms with Crippen molar-refractivity contribution in [2.24, 2.45) is 0 Å². The van der Waals surface area contributed by atoms with Gasteiger partial charge in [-0.25, -0.2) is 4.79 Å². The summed E-state index contributed by atoms with van der Waals surface area (Å²) in [7, 11) is 0. The number of carbonyl (C=O) groups excluding carboxylic acids is 1. The van der Waals surface area contributed by atoms with Gasteiger partial charge in [0, 0.05) is 0 Å². The Balaban J connectivity index is 1.66. The van der Waals surface area contributed by atoms with E-state index < -0.39 is 12.1 Å². The van der Waals surface area contributed by atoms with Gasteiger partial charge in [0.1, 0.15) is 19.5 Å². The minimum atomic E-state index is -0.676. The third kappa shape index (κ3) is 3.05. The van der Waals surface area contributed by atoms with Gasteiger partial charge in [0.05, 0.1) is 4.88 Å². The molecular weight excluding hydrogens is 296 g/mol. The lowest BCUT2D eigenvalue weighted by Gasteiger charge is -2.15. The molecule has 3 heterocycles. The zero-order chi connectivity index (χ0) is 14.7. The number of nitrogens with zero attached hydrogens (tertiary/aromatic N) is 2. The number of ether oxygens (including phenoxy) is 3. The first-order valence-corrected chi connectivity index (χ1v) is 7.15. The number of esters is 1. The van der Waals surface area contributed by atoms with Gasteiger partial charge in [-0.2, -0.15) is 0 Å². The predicted octanol–water partition coefficient (Wildman–Crippen LogP) is 2.29. The van der Waals surface area contributed by atoms with Crippen LogP contribution in [0, 0.1) is 0 Å². The second-order valence-corrected chi connectivity index (χ2v) is 5.12. The summed E-state index contributed by atoms with van der Waals surface area (Å²) in [5.74, 6) is 0.0348. The maximum Gasteiger partial charge on any atom is 0.377 e. The van der Waals surface area contributed by atoms with E-state index in [1.54, 1.807) is 6.92 Å². The van der Waals surface area contributed by atoms with Gasteiger partial charge in [-0.1, -0.05) is 6.07 Å². The van der Waals surface area contributed by atoms with Gasteiger partial charge in [-0.3, -0.25) is 0 Å². The molecule has 0 saturated heterocycles. The molecule has 0 unspecified atom stereocenters. The summed E-state index contributed by atoms with van der Waals surface area (Å²) in [4.78, 5) is 12.7. The molecule has 0 bridgehead atoms. The molecule has 0 spiro atoms. The van der Waals surface area contributed by atoms with Crippen LogP contribution in [0.5, 0.6) is 0 Å². The van der Waals surface area contributed by atoms with E-state index in [9.17, 15) is 4.79 Å². The number of thiophene rings is 1. The molecule has 8 heteroatoms. The van der Waals surface area contributed by atoms with E-state index in [-0.39, 0.29) is 11.6 Å². The molecule has 21 heavy (non-hydrogen) atoms. The van der Waals surface area contributed by atoms with Crippen molar-refractivity contribution < 1.29 is 23.4 Å². The first kappa shape index (κ1) is 13.6. The van der Waals surface area contributed by atoms with E-state index >= 15 is 0 Å². The standard InChI is InChI=1S/C13H12N2O5S/c1-8(19-13(16)9-7-17-4-5-18-9)11-14-15-12(20-11)10-3-2-6-21-10/h2-3,6-8H,4-5H2,1H3/t8-/m0/s1. The highest BCUT2D eigenvalue weighted by atomic mass is 32.1. The van der Waals surface area contributed by atoms with Crippen LogP contribution < -0.4 is 0 Å². The molecule has 1 aliphatic rings. The van der Waals surface area contributed by atoms with E-state index in [4.69, 9.17) is 18.6 Å². The Labute approximate surface area is 124 Å². The molecule has 110 valence electrons. The Morgan fingerprint density at radius 1 is 1.43 bits per heavy atom.